The van der Waals surface area contributed by atoms with E-state index in [-0.39, 0.29) is 12.5 Å². The van der Waals surface area contributed by atoms with Crippen molar-refractivity contribution in [2.45, 2.75) is 6.54 Å². The maximum absolute atomic E-state index is 12.8. The normalized spacial score (nSPS) is 15.4. The van der Waals surface area contributed by atoms with Crippen molar-refractivity contribution in [2.75, 3.05) is 43.3 Å². The highest BCUT2D eigenvalue weighted by Gasteiger charge is 2.28. The van der Waals surface area contributed by atoms with Gasteiger partial charge in [-0.3, -0.25) is 9.10 Å². The summed E-state index contributed by atoms with van der Waals surface area (Å²) >= 11 is 5.99. The lowest BCUT2D eigenvalue weighted by molar-refractivity contribution is -0.917. The number of carbonyl (C=O) groups is 1. The van der Waals surface area contributed by atoms with Gasteiger partial charge in [-0.25, -0.2) is 8.42 Å². The molecule has 0 bridgehead atoms. The molecule has 0 atom stereocenters. The Hall–Kier alpha value is -2.09. The summed E-state index contributed by atoms with van der Waals surface area (Å²) in [6.45, 7) is 3.64. The van der Waals surface area contributed by atoms with Gasteiger partial charge < -0.3 is 9.80 Å². The van der Waals surface area contributed by atoms with Crippen LogP contribution >= 0.6 is 11.6 Å². The molecular weight excluding hydrogens is 398 g/mol. The van der Waals surface area contributed by atoms with E-state index in [0.29, 0.717) is 23.8 Å². The molecule has 0 aliphatic carbocycles. The summed E-state index contributed by atoms with van der Waals surface area (Å²) in [4.78, 5) is 15.9. The summed E-state index contributed by atoms with van der Waals surface area (Å²) in [5.41, 5.74) is 1.68. The van der Waals surface area contributed by atoms with E-state index in [1.54, 1.807) is 29.2 Å². The maximum atomic E-state index is 12.8. The third-order valence-corrected chi connectivity index (χ3v) is 6.27. The van der Waals surface area contributed by atoms with E-state index in [1.807, 2.05) is 18.2 Å². The highest BCUT2D eigenvalue weighted by atomic mass is 35.5. The minimum atomic E-state index is -3.60. The Morgan fingerprint density at radius 2 is 1.79 bits per heavy atom. The van der Waals surface area contributed by atoms with E-state index >= 15 is 0 Å². The van der Waals surface area contributed by atoms with Crippen LogP contribution in [0.5, 0.6) is 0 Å². The summed E-state index contributed by atoms with van der Waals surface area (Å²) in [7, 11) is -3.60. The lowest BCUT2D eigenvalue weighted by Crippen LogP contribution is -3.13. The molecule has 0 spiro atoms. The maximum Gasteiger partial charge on any atom is 0.243 e. The fourth-order valence-electron chi connectivity index (χ4n) is 3.39. The van der Waals surface area contributed by atoms with Gasteiger partial charge >= 0.3 is 0 Å². The fourth-order valence-corrected chi connectivity index (χ4v) is 4.41. The van der Waals surface area contributed by atoms with Gasteiger partial charge in [0.1, 0.15) is 13.1 Å². The SMILES string of the molecule is CS(=O)(=O)N(CC(=O)N1CC[NH+](Cc2ccccc2)CC1)c1cccc(Cl)c1. The molecule has 1 aliphatic heterocycles. The number of sulfonamides is 1. The van der Waals surface area contributed by atoms with Crippen molar-refractivity contribution < 1.29 is 18.1 Å². The molecular formula is C20H25ClN3O3S+. The van der Waals surface area contributed by atoms with E-state index in [1.165, 1.54) is 10.5 Å². The molecule has 6 nitrogen and oxygen atoms in total. The number of benzene rings is 2. The third kappa shape index (κ3) is 5.47. The molecule has 1 N–H and O–H groups in total. The van der Waals surface area contributed by atoms with Crippen LogP contribution in [0.2, 0.25) is 5.02 Å². The molecule has 0 aromatic heterocycles. The number of hydrogen-bond donors (Lipinski definition) is 1. The van der Waals surface area contributed by atoms with Gasteiger partial charge in [0.25, 0.3) is 0 Å². The van der Waals surface area contributed by atoms with Gasteiger partial charge in [0.2, 0.25) is 15.9 Å². The first-order valence-electron chi connectivity index (χ1n) is 9.21. The predicted octanol–water partition coefficient (Wildman–Crippen LogP) is 1.03. The van der Waals surface area contributed by atoms with E-state index in [9.17, 15) is 13.2 Å². The molecule has 3 rings (SSSR count). The highest BCUT2D eigenvalue weighted by molar-refractivity contribution is 7.92. The summed E-state index contributed by atoms with van der Waals surface area (Å²) in [6, 6.07) is 16.8. The topological polar surface area (TPSA) is 62.1 Å². The molecule has 8 heteroatoms. The number of amides is 1. The van der Waals surface area contributed by atoms with E-state index in [2.05, 4.69) is 12.1 Å². The second kappa shape index (κ2) is 8.94. The molecule has 0 unspecified atom stereocenters. The van der Waals surface area contributed by atoms with Gasteiger partial charge in [0.15, 0.2) is 0 Å². The molecule has 1 amide bonds. The molecule has 2 aromatic rings. The van der Waals surface area contributed by atoms with Crippen molar-refractivity contribution in [1.82, 2.24) is 4.90 Å². The van der Waals surface area contributed by atoms with Crippen molar-refractivity contribution in [2.24, 2.45) is 0 Å². The molecule has 2 aromatic carbocycles. The number of hydrogen-bond acceptors (Lipinski definition) is 3. The van der Waals surface area contributed by atoms with Gasteiger partial charge in [-0.15, -0.1) is 0 Å². The van der Waals surface area contributed by atoms with E-state index < -0.39 is 10.0 Å². The van der Waals surface area contributed by atoms with Gasteiger partial charge in [0, 0.05) is 10.6 Å². The molecule has 1 fully saturated rings. The number of carbonyl (C=O) groups excluding carboxylic acids is 1. The zero-order valence-corrected chi connectivity index (χ0v) is 17.4. The Balaban J connectivity index is 1.61. The Morgan fingerprint density at radius 1 is 1.11 bits per heavy atom. The second-order valence-electron chi connectivity index (χ2n) is 7.04. The van der Waals surface area contributed by atoms with Crippen molar-refractivity contribution in [3.8, 4) is 0 Å². The predicted molar refractivity (Wildman–Crippen MR) is 111 cm³/mol. The van der Waals surface area contributed by atoms with Crippen LogP contribution in [0, 0.1) is 0 Å². The summed E-state index contributed by atoms with van der Waals surface area (Å²) < 4.78 is 25.6. The number of halogens is 1. The molecule has 0 radical (unpaired) electrons. The Labute approximate surface area is 171 Å². The van der Waals surface area contributed by atoms with Gasteiger partial charge in [0.05, 0.1) is 38.1 Å². The number of piperazine rings is 1. The van der Waals surface area contributed by atoms with Crippen LogP contribution in [-0.4, -0.2) is 58.2 Å². The van der Waals surface area contributed by atoms with Crippen molar-refractivity contribution in [1.29, 1.82) is 0 Å². The van der Waals surface area contributed by atoms with Crippen LogP contribution in [0.3, 0.4) is 0 Å². The van der Waals surface area contributed by atoms with Crippen LogP contribution < -0.4 is 9.21 Å². The largest absolute Gasteiger partial charge is 0.330 e. The van der Waals surface area contributed by atoms with Crippen LogP contribution in [0.1, 0.15) is 5.56 Å². The lowest BCUT2D eigenvalue weighted by Gasteiger charge is -2.33. The number of nitrogens with one attached hydrogen (secondary N) is 1. The minimum absolute atomic E-state index is 0.191. The summed E-state index contributed by atoms with van der Waals surface area (Å²) in [5, 5.41) is 0.428. The van der Waals surface area contributed by atoms with Gasteiger partial charge in [-0.1, -0.05) is 48.0 Å². The molecule has 1 aliphatic rings. The lowest BCUT2D eigenvalue weighted by atomic mass is 10.2. The standard InChI is InChI=1S/C20H24ClN3O3S/c1-28(26,27)24(19-9-5-8-18(21)14-19)16-20(25)23-12-10-22(11-13-23)15-17-6-3-2-4-7-17/h2-9,14H,10-13,15-16H2,1H3/p+1. The van der Waals surface area contributed by atoms with Crippen LogP contribution in [-0.2, 0) is 21.4 Å². The zero-order valence-electron chi connectivity index (χ0n) is 15.8. The van der Waals surface area contributed by atoms with Crippen molar-refractivity contribution in [3.63, 3.8) is 0 Å². The van der Waals surface area contributed by atoms with Crippen LogP contribution in [0.25, 0.3) is 0 Å². The first-order valence-corrected chi connectivity index (χ1v) is 11.4. The Bertz CT molecular complexity index is 913. The highest BCUT2D eigenvalue weighted by Crippen LogP contribution is 2.21. The average molecular weight is 423 g/mol. The van der Waals surface area contributed by atoms with E-state index in [4.69, 9.17) is 11.6 Å². The minimum Gasteiger partial charge on any atom is -0.330 e. The molecule has 150 valence electrons. The first kappa shape index (κ1) is 20.6. The van der Waals surface area contributed by atoms with Crippen LogP contribution in [0.4, 0.5) is 5.69 Å². The van der Waals surface area contributed by atoms with Gasteiger partial charge in [-0.2, -0.15) is 0 Å². The number of anilines is 1. The van der Waals surface area contributed by atoms with Crippen molar-refractivity contribution in [3.05, 3.63) is 65.2 Å². The average Bonchev–Trinajstić information content (AvgIpc) is 2.66. The summed E-state index contributed by atoms with van der Waals surface area (Å²) in [5.74, 6) is -0.191. The molecule has 1 saturated heterocycles. The Morgan fingerprint density at radius 3 is 2.39 bits per heavy atom. The number of nitrogens with zero attached hydrogens (tertiary/aromatic N) is 2. The smallest absolute Gasteiger partial charge is 0.243 e. The van der Waals surface area contributed by atoms with E-state index in [0.717, 1.165) is 30.2 Å². The monoisotopic (exact) mass is 422 g/mol. The summed E-state index contributed by atoms with van der Waals surface area (Å²) in [6.07, 6.45) is 1.10. The number of rotatable bonds is 6. The Kier molecular flexibility index (Phi) is 6.59. The number of quaternary nitrogens is 1. The third-order valence-electron chi connectivity index (χ3n) is 4.90. The van der Waals surface area contributed by atoms with Gasteiger partial charge in [-0.05, 0) is 18.2 Å². The quantitative estimate of drug-likeness (QED) is 0.756. The molecule has 1 heterocycles. The van der Waals surface area contributed by atoms with Crippen LogP contribution in [0.15, 0.2) is 54.6 Å². The second-order valence-corrected chi connectivity index (χ2v) is 9.39. The fraction of sp³-hybridized carbons (Fsp3) is 0.350. The zero-order chi connectivity index (χ0) is 20.1. The first-order chi connectivity index (χ1) is 13.3. The molecule has 28 heavy (non-hydrogen) atoms. The molecule has 0 saturated carbocycles. The van der Waals surface area contributed by atoms with Crippen molar-refractivity contribution >= 4 is 33.2 Å².